The number of allylic oxidation sites excluding steroid dienone is 1. The van der Waals surface area contributed by atoms with Crippen molar-refractivity contribution in [1.82, 2.24) is 4.57 Å². The molecule has 0 amide bonds. The third-order valence-electron chi connectivity index (χ3n) is 5.60. The van der Waals surface area contributed by atoms with E-state index in [1.54, 1.807) is 6.92 Å². The van der Waals surface area contributed by atoms with Crippen molar-refractivity contribution in [3.05, 3.63) is 105 Å². The van der Waals surface area contributed by atoms with Gasteiger partial charge in [-0.1, -0.05) is 12.1 Å². The maximum absolute atomic E-state index is 13.3. The fourth-order valence-corrected chi connectivity index (χ4v) is 5.08. The number of fused-ring (bicyclic) bond motifs is 1. The molecule has 0 bridgehead atoms. The summed E-state index contributed by atoms with van der Waals surface area (Å²) < 4.78 is 6.62. The molecule has 13 heteroatoms. The molecule has 37 heavy (non-hydrogen) atoms. The van der Waals surface area contributed by atoms with Crippen molar-refractivity contribution in [3.63, 3.8) is 0 Å². The van der Waals surface area contributed by atoms with E-state index in [1.807, 2.05) is 6.07 Å². The lowest BCUT2D eigenvalue weighted by molar-refractivity contribution is -0.385. The topological polar surface area (TPSA) is 184 Å². The van der Waals surface area contributed by atoms with Crippen LogP contribution in [0.4, 0.5) is 11.4 Å². The molecule has 12 nitrogen and oxygen atoms in total. The first kappa shape index (κ1) is 25.0. The maximum Gasteiger partial charge on any atom is 0.338 e. The van der Waals surface area contributed by atoms with Gasteiger partial charge in [0.05, 0.1) is 44.1 Å². The number of nitro benzene ring substituents is 2. The van der Waals surface area contributed by atoms with Gasteiger partial charge in [0.2, 0.25) is 0 Å². The number of hydrogen-bond donors (Lipinski definition) is 1. The van der Waals surface area contributed by atoms with Gasteiger partial charge in [0.1, 0.15) is 10.5 Å². The molecular weight excluding hydrogens is 502 g/mol. The molecule has 1 aliphatic heterocycles. The Bertz CT molecular complexity index is 1690. The summed E-state index contributed by atoms with van der Waals surface area (Å²) in [4.78, 5) is 47.4. The molecule has 3 aromatic rings. The van der Waals surface area contributed by atoms with Gasteiger partial charge in [-0.25, -0.2) is 4.79 Å². The summed E-state index contributed by atoms with van der Waals surface area (Å²) in [6.45, 7) is 1.63. The van der Waals surface area contributed by atoms with Gasteiger partial charge in [0, 0.05) is 24.3 Å². The second-order valence-corrected chi connectivity index (χ2v) is 8.76. The molecule has 0 fully saturated rings. The molecule has 2 N–H and O–H groups in total. The summed E-state index contributed by atoms with van der Waals surface area (Å²) in [6.07, 6.45) is 1.49. The van der Waals surface area contributed by atoms with Gasteiger partial charge in [-0.3, -0.25) is 29.6 Å². The first-order valence-corrected chi connectivity index (χ1v) is 11.5. The number of thiazole rings is 1. The Morgan fingerprint density at radius 2 is 1.70 bits per heavy atom. The fraction of sp³-hybridized carbons (Fsp3) is 0.125. The summed E-state index contributed by atoms with van der Waals surface area (Å²) in [5.41, 5.74) is 6.15. The molecule has 0 saturated carbocycles. The van der Waals surface area contributed by atoms with Crippen LogP contribution in [0, 0.1) is 31.6 Å². The average Bonchev–Trinajstić information content (AvgIpc) is 3.20. The zero-order valence-electron chi connectivity index (χ0n) is 19.1. The smallest absolute Gasteiger partial charge is 0.338 e. The van der Waals surface area contributed by atoms with Gasteiger partial charge in [-0.2, -0.15) is 5.26 Å². The largest absolute Gasteiger partial charge is 0.463 e. The minimum Gasteiger partial charge on any atom is -0.463 e. The lowest BCUT2D eigenvalue weighted by atomic mass is 9.84. The summed E-state index contributed by atoms with van der Waals surface area (Å²) >= 11 is 0.944. The average molecular weight is 519 g/mol. The molecule has 0 spiro atoms. The van der Waals surface area contributed by atoms with Crippen LogP contribution in [0.2, 0.25) is 0 Å². The van der Waals surface area contributed by atoms with Crippen molar-refractivity contribution < 1.29 is 19.4 Å². The molecule has 2 heterocycles. The normalized spacial score (nSPS) is 15.2. The first-order valence-electron chi connectivity index (χ1n) is 10.7. The zero-order chi connectivity index (χ0) is 26.9. The quantitative estimate of drug-likeness (QED) is 0.288. The molecule has 0 saturated heterocycles. The van der Waals surface area contributed by atoms with Crippen LogP contribution in [0.5, 0.6) is 0 Å². The van der Waals surface area contributed by atoms with Gasteiger partial charge in [-0.05, 0) is 36.3 Å². The summed E-state index contributed by atoms with van der Waals surface area (Å²) in [6, 6.07) is 12.8. The van der Waals surface area contributed by atoms with Gasteiger partial charge < -0.3 is 10.5 Å². The number of non-ortho nitro benzene ring substituents is 2. The number of carbonyl (C=O) groups excluding carboxylic acids is 1. The number of hydrogen-bond acceptors (Lipinski definition) is 10. The molecule has 1 atom stereocenters. The summed E-state index contributed by atoms with van der Waals surface area (Å²) in [5.74, 6) is -1.99. The summed E-state index contributed by atoms with van der Waals surface area (Å²) in [7, 11) is 0. The van der Waals surface area contributed by atoms with Crippen molar-refractivity contribution in [1.29, 1.82) is 5.26 Å². The number of nitrogens with zero attached hydrogens (tertiary/aromatic N) is 4. The van der Waals surface area contributed by atoms with Gasteiger partial charge >= 0.3 is 5.97 Å². The van der Waals surface area contributed by atoms with Crippen molar-refractivity contribution >= 4 is 46.2 Å². The van der Waals surface area contributed by atoms with E-state index < -0.39 is 27.3 Å². The number of nitro groups is 2. The fourth-order valence-electron chi connectivity index (χ4n) is 3.92. The third-order valence-corrected chi connectivity index (χ3v) is 6.71. The molecule has 1 aliphatic rings. The Morgan fingerprint density at radius 3 is 2.22 bits per heavy atom. The Kier molecular flexibility index (Phi) is 6.68. The Labute approximate surface area is 211 Å². The van der Waals surface area contributed by atoms with E-state index in [0.717, 1.165) is 15.9 Å². The highest BCUT2D eigenvalue weighted by Crippen LogP contribution is 2.37. The lowest BCUT2D eigenvalue weighted by Crippen LogP contribution is -2.40. The van der Waals surface area contributed by atoms with E-state index in [1.165, 1.54) is 54.6 Å². The number of aromatic nitrogens is 1. The van der Waals surface area contributed by atoms with Crippen LogP contribution in [0.3, 0.4) is 0 Å². The third kappa shape index (κ3) is 4.48. The zero-order valence-corrected chi connectivity index (χ0v) is 19.9. The van der Waals surface area contributed by atoms with Crippen molar-refractivity contribution in [3.8, 4) is 6.07 Å². The highest BCUT2D eigenvalue weighted by atomic mass is 32.1. The lowest BCUT2D eigenvalue weighted by Gasteiger charge is -2.24. The second-order valence-electron chi connectivity index (χ2n) is 7.73. The van der Waals surface area contributed by atoms with Crippen LogP contribution in [0.1, 0.15) is 24.0 Å². The molecule has 0 radical (unpaired) electrons. The van der Waals surface area contributed by atoms with Crippen LogP contribution in [-0.2, 0) is 9.53 Å². The van der Waals surface area contributed by atoms with Crippen molar-refractivity contribution in [2.75, 3.05) is 6.61 Å². The molecule has 4 rings (SSSR count). The number of esters is 1. The Hall–Kier alpha value is -5.09. The monoisotopic (exact) mass is 519 g/mol. The summed E-state index contributed by atoms with van der Waals surface area (Å²) in [5, 5.41) is 32.0. The van der Waals surface area contributed by atoms with Crippen LogP contribution in [0.15, 0.2) is 58.9 Å². The number of carbonyl (C=O) groups is 1. The van der Waals surface area contributed by atoms with Crippen molar-refractivity contribution in [2.24, 2.45) is 5.73 Å². The van der Waals surface area contributed by atoms with Gasteiger partial charge in [-0.15, -0.1) is 11.3 Å². The van der Waals surface area contributed by atoms with Crippen LogP contribution < -0.4 is 20.5 Å². The Balaban J connectivity index is 2.01. The second kappa shape index (κ2) is 9.88. The number of ether oxygens (including phenoxy) is 1. The number of nitriles is 1. The van der Waals surface area contributed by atoms with Crippen LogP contribution in [0.25, 0.3) is 17.5 Å². The van der Waals surface area contributed by atoms with Gasteiger partial charge in [0.25, 0.3) is 16.9 Å². The minimum atomic E-state index is -1.03. The first-order chi connectivity index (χ1) is 17.7. The Morgan fingerprint density at radius 1 is 1.14 bits per heavy atom. The highest BCUT2D eigenvalue weighted by molar-refractivity contribution is 7.07. The predicted octanol–water partition coefficient (Wildman–Crippen LogP) is 1.72. The highest BCUT2D eigenvalue weighted by Gasteiger charge is 2.36. The van der Waals surface area contributed by atoms with E-state index in [9.17, 15) is 35.1 Å². The van der Waals surface area contributed by atoms with E-state index in [4.69, 9.17) is 10.5 Å². The van der Waals surface area contributed by atoms with Gasteiger partial charge in [0.15, 0.2) is 0 Å². The van der Waals surface area contributed by atoms with E-state index in [-0.39, 0.29) is 44.1 Å². The molecule has 186 valence electrons. The van der Waals surface area contributed by atoms with Crippen molar-refractivity contribution in [2.45, 2.75) is 12.8 Å². The molecule has 2 aromatic carbocycles. The molecular formula is C24H17N5O7S. The molecule has 0 aliphatic carbocycles. The molecule has 1 aromatic heterocycles. The standard InChI is InChI=1S/C24H17N5O7S/c1-2-36-24(31)20-19(14-5-9-16(10-6-14)29(34)35)17(12-25)21(26)27-22(30)18(37-23(20)27)11-13-3-7-15(8-4-13)28(32)33/h3-11,19H,2,26H2,1H3/b18-11-. The van der Waals surface area contributed by atoms with Crippen LogP contribution >= 0.6 is 11.3 Å². The SMILES string of the molecule is CCOC(=O)C1=c2s/c(=C\c3ccc([N+](=O)[O-])cc3)c(=O)n2C(N)=C(C#N)C1c1ccc([N+](=O)[O-])cc1. The number of rotatable bonds is 6. The van der Waals surface area contributed by atoms with E-state index in [0.29, 0.717) is 11.1 Å². The van der Waals surface area contributed by atoms with E-state index >= 15 is 0 Å². The number of benzene rings is 2. The predicted molar refractivity (Wildman–Crippen MR) is 133 cm³/mol. The van der Waals surface area contributed by atoms with Crippen LogP contribution in [-0.4, -0.2) is 27.0 Å². The minimum absolute atomic E-state index is 0.00750. The number of nitrogens with two attached hydrogens (primary N) is 1. The van der Waals surface area contributed by atoms with E-state index in [2.05, 4.69) is 0 Å². The maximum atomic E-state index is 13.3. The molecule has 1 unspecified atom stereocenters.